The lowest BCUT2D eigenvalue weighted by molar-refractivity contribution is 0.0353. The van der Waals surface area contributed by atoms with Crippen molar-refractivity contribution >= 4 is 0 Å². The molecule has 1 heterocycles. The maximum atomic E-state index is 5.90. The molecule has 1 aromatic carbocycles. The average Bonchev–Trinajstić information content (AvgIpc) is 2.46. The number of hydrogen-bond donors (Lipinski definition) is 1. The van der Waals surface area contributed by atoms with Gasteiger partial charge in [0.25, 0.3) is 0 Å². The molecule has 1 aliphatic heterocycles. The lowest BCUT2D eigenvalue weighted by Gasteiger charge is -2.30. The second-order valence-corrected chi connectivity index (χ2v) is 4.62. The van der Waals surface area contributed by atoms with Crippen LogP contribution in [-0.4, -0.2) is 51.4 Å². The third-order valence-corrected chi connectivity index (χ3v) is 3.45. The van der Waals surface area contributed by atoms with Crippen LogP contribution in [0.4, 0.5) is 0 Å². The zero-order chi connectivity index (χ0) is 12.8. The van der Waals surface area contributed by atoms with E-state index >= 15 is 0 Å². The maximum absolute atomic E-state index is 5.90. The van der Waals surface area contributed by atoms with E-state index in [-0.39, 0.29) is 0 Å². The van der Waals surface area contributed by atoms with E-state index in [4.69, 9.17) is 15.2 Å². The van der Waals surface area contributed by atoms with Crippen molar-refractivity contribution in [3.05, 3.63) is 29.8 Å². The first-order chi connectivity index (χ1) is 8.83. The smallest absolute Gasteiger partial charge is 0.118 e. The van der Waals surface area contributed by atoms with Crippen LogP contribution in [0.15, 0.2) is 24.3 Å². The van der Waals surface area contributed by atoms with Crippen LogP contribution in [0.5, 0.6) is 5.75 Å². The van der Waals surface area contributed by atoms with Gasteiger partial charge >= 0.3 is 0 Å². The van der Waals surface area contributed by atoms with Crippen molar-refractivity contribution in [3.8, 4) is 5.75 Å². The van der Waals surface area contributed by atoms with E-state index in [2.05, 4.69) is 17.0 Å². The fourth-order valence-corrected chi connectivity index (χ4v) is 2.29. The minimum absolute atomic E-state index is 0.383. The molecule has 18 heavy (non-hydrogen) atoms. The Morgan fingerprint density at radius 3 is 2.50 bits per heavy atom. The van der Waals surface area contributed by atoms with Gasteiger partial charge < -0.3 is 15.2 Å². The Bertz CT molecular complexity index is 347. The number of nitrogens with zero attached hydrogens (tertiary/aromatic N) is 1. The first kappa shape index (κ1) is 13.3. The average molecular weight is 250 g/mol. The highest BCUT2D eigenvalue weighted by atomic mass is 16.5. The predicted octanol–water partition coefficient (Wildman–Crippen LogP) is 1.07. The predicted molar refractivity (Wildman–Crippen MR) is 72.0 cm³/mol. The lowest BCUT2D eigenvalue weighted by Crippen LogP contribution is -2.40. The molecule has 4 nitrogen and oxygen atoms in total. The molecule has 0 bridgehead atoms. The molecule has 2 N–H and O–H groups in total. The van der Waals surface area contributed by atoms with Gasteiger partial charge in [-0.1, -0.05) is 12.1 Å². The minimum atomic E-state index is 0.383. The van der Waals surface area contributed by atoms with E-state index in [1.54, 1.807) is 7.11 Å². The van der Waals surface area contributed by atoms with Crippen LogP contribution in [0.25, 0.3) is 0 Å². The Balaban J connectivity index is 1.97. The molecule has 0 spiro atoms. The van der Waals surface area contributed by atoms with Crippen molar-refractivity contribution in [2.75, 3.05) is 46.5 Å². The fraction of sp³-hybridized carbons (Fsp3) is 0.571. The molecule has 1 atom stereocenters. The number of ether oxygens (including phenoxy) is 2. The molecule has 1 aliphatic rings. The van der Waals surface area contributed by atoms with Crippen LogP contribution in [0.2, 0.25) is 0 Å². The molecule has 100 valence electrons. The topological polar surface area (TPSA) is 47.7 Å². The van der Waals surface area contributed by atoms with Gasteiger partial charge in [-0.05, 0) is 17.7 Å². The Morgan fingerprint density at radius 1 is 1.28 bits per heavy atom. The molecule has 0 aromatic heterocycles. The summed E-state index contributed by atoms with van der Waals surface area (Å²) in [6, 6.07) is 8.21. The Labute approximate surface area is 109 Å². The van der Waals surface area contributed by atoms with E-state index < -0.39 is 0 Å². The molecular weight excluding hydrogens is 228 g/mol. The summed E-state index contributed by atoms with van der Waals surface area (Å²) in [6.07, 6.45) is 0. The van der Waals surface area contributed by atoms with Gasteiger partial charge in [0.1, 0.15) is 5.75 Å². The van der Waals surface area contributed by atoms with Crippen molar-refractivity contribution in [1.82, 2.24) is 4.90 Å². The molecule has 2 rings (SSSR count). The van der Waals surface area contributed by atoms with E-state index in [0.29, 0.717) is 12.5 Å². The highest BCUT2D eigenvalue weighted by Gasteiger charge is 2.17. The first-order valence-electron chi connectivity index (χ1n) is 6.47. The second kappa shape index (κ2) is 6.73. The molecule has 4 heteroatoms. The molecule has 0 radical (unpaired) electrons. The van der Waals surface area contributed by atoms with E-state index in [9.17, 15) is 0 Å². The summed E-state index contributed by atoms with van der Waals surface area (Å²) in [5, 5.41) is 0. The highest BCUT2D eigenvalue weighted by Crippen LogP contribution is 2.20. The van der Waals surface area contributed by atoms with Gasteiger partial charge in [0.05, 0.1) is 20.3 Å². The standard InChI is InChI=1S/C14H22N2O2/c1-17-14-4-2-12(3-5-14)13(10-15)11-16-6-8-18-9-7-16/h2-5,13H,6-11,15H2,1H3. The van der Waals surface area contributed by atoms with Gasteiger partial charge in [0, 0.05) is 32.1 Å². The van der Waals surface area contributed by atoms with Gasteiger partial charge in [-0.25, -0.2) is 0 Å². The summed E-state index contributed by atoms with van der Waals surface area (Å²) in [5.41, 5.74) is 7.19. The SMILES string of the molecule is COc1ccc(C(CN)CN2CCOCC2)cc1. The van der Waals surface area contributed by atoms with Crippen LogP contribution >= 0.6 is 0 Å². The van der Waals surface area contributed by atoms with Crippen LogP contribution < -0.4 is 10.5 Å². The Kier molecular flexibility index (Phi) is 4.99. The molecule has 1 fully saturated rings. The van der Waals surface area contributed by atoms with Gasteiger partial charge in [-0.2, -0.15) is 0 Å². The zero-order valence-corrected chi connectivity index (χ0v) is 11.0. The zero-order valence-electron chi connectivity index (χ0n) is 11.0. The molecule has 0 saturated carbocycles. The third-order valence-electron chi connectivity index (χ3n) is 3.45. The largest absolute Gasteiger partial charge is 0.497 e. The lowest BCUT2D eigenvalue weighted by atomic mass is 9.98. The first-order valence-corrected chi connectivity index (χ1v) is 6.47. The van der Waals surface area contributed by atoms with E-state index in [0.717, 1.165) is 38.6 Å². The van der Waals surface area contributed by atoms with Crippen molar-refractivity contribution in [2.24, 2.45) is 5.73 Å². The Hall–Kier alpha value is -1.10. The van der Waals surface area contributed by atoms with E-state index in [1.807, 2.05) is 12.1 Å². The van der Waals surface area contributed by atoms with Crippen LogP contribution in [-0.2, 0) is 4.74 Å². The van der Waals surface area contributed by atoms with Gasteiger partial charge in [0.2, 0.25) is 0 Å². The number of benzene rings is 1. The number of rotatable bonds is 5. The monoisotopic (exact) mass is 250 g/mol. The second-order valence-electron chi connectivity index (χ2n) is 4.62. The maximum Gasteiger partial charge on any atom is 0.118 e. The van der Waals surface area contributed by atoms with Crippen LogP contribution in [0.3, 0.4) is 0 Å². The summed E-state index contributed by atoms with van der Waals surface area (Å²) in [7, 11) is 1.68. The van der Waals surface area contributed by atoms with Crippen LogP contribution in [0.1, 0.15) is 11.5 Å². The van der Waals surface area contributed by atoms with Crippen molar-refractivity contribution in [1.29, 1.82) is 0 Å². The number of morpholine rings is 1. The minimum Gasteiger partial charge on any atom is -0.497 e. The molecule has 1 saturated heterocycles. The summed E-state index contributed by atoms with van der Waals surface area (Å²) in [5.74, 6) is 1.27. The summed E-state index contributed by atoms with van der Waals surface area (Å²) < 4.78 is 10.5. The number of methoxy groups -OCH3 is 1. The normalized spacial score (nSPS) is 18.6. The molecule has 0 aliphatic carbocycles. The molecule has 0 amide bonds. The van der Waals surface area contributed by atoms with Gasteiger partial charge in [-0.3, -0.25) is 4.90 Å². The molecule has 1 aromatic rings. The van der Waals surface area contributed by atoms with Crippen molar-refractivity contribution in [2.45, 2.75) is 5.92 Å². The quantitative estimate of drug-likeness (QED) is 0.849. The Morgan fingerprint density at radius 2 is 1.94 bits per heavy atom. The molecular formula is C14H22N2O2. The fourth-order valence-electron chi connectivity index (χ4n) is 2.29. The summed E-state index contributed by atoms with van der Waals surface area (Å²) in [6.45, 7) is 5.36. The van der Waals surface area contributed by atoms with Crippen LogP contribution in [0, 0.1) is 0 Å². The summed E-state index contributed by atoms with van der Waals surface area (Å²) in [4.78, 5) is 2.42. The van der Waals surface area contributed by atoms with E-state index in [1.165, 1.54) is 5.56 Å². The van der Waals surface area contributed by atoms with Crippen molar-refractivity contribution in [3.63, 3.8) is 0 Å². The number of hydrogen-bond acceptors (Lipinski definition) is 4. The van der Waals surface area contributed by atoms with Gasteiger partial charge in [-0.15, -0.1) is 0 Å². The number of nitrogens with two attached hydrogens (primary N) is 1. The third kappa shape index (κ3) is 3.45. The molecule has 1 unspecified atom stereocenters. The van der Waals surface area contributed by atoms with Crippen molar-refractivity contribution < 1.29 is 9.47 Å². The summed E-state index contributed by atoms with van der Waals surface area (Å²) >= 11 is 0. The highest BCUT2D eigenvalue weighted by molar-refractivity contribution is 5.29. The van der Waals surface area contributed by atoms with Gasteiger partial charge in [0.15, 0.2) is 0 Å².